The summed E-state index contributed by atoms with van der Waals surface area (Å²) in [6, 6.07) is 0.233. The summed E-state index contributed by atoms with van der Waals surface area (Å²) in [6.07, 6.45) is 9.56. The molecule has 1 atom stereocenters. The standard InChI is InChI=1S/C16H28N4O/c1-4-7-9-13(8-5-2)19-16(21)14-11-17-12-15(20-14)18-10-6-3/h11-13H,4-10H2,1-3H3,(H,18,20)(H,19,21). The molecule has 0 aliphatic rings. The number of aromatic nitrogens is 2. The molecule has 1 amide bonds. The Morgan fingerprint density at radius 2 is 1.95 bits per heavy atom. The van der Waals surface area contributed by atoms with Gasteiger partial charge in [0.2, 0.25) is 0 Å². The van der Waals surface area contributed by atoms with Crippen LogP contribution in [0, 0.1) is 0 Å². The van der Waals surface area contributed by atoms with Crippen molar-refractivity contribution < 1.29 is 4.79 Å². The zero-order valence-corrected chi connectivity index (χ0v) is 13.5. The number of hydrogen-bond donors (Lipinski definition) is 2. The van der Waals surface area contributed by atoms with E-state index < -0.39 is 0 Å². The number of nitrogens with one attached hydrogen (secondary N) is 2. The van der Waals surface area contributed by atoms with Gasteiger partial charge in [-0.15, -0.1) is 0 Å². The Morgan fingerprint density at radius 1 is 1.14 bits per heavy atom. The van der Waals surface area contributed by atoms with E-state index in [1.165, 1.54) is 6.20 Å². The van der Waals surface area contributed by atoms with Crippen molar-refractivity contribution in [2.45, 2.75) is 65.3 Å². The van der Waals surface area contributed by atoms with Crippen LogP contribution in [0.4, 0.5) is 5.82 Å². The largest absolute Gasteiger partial charge is 0.369 e. The summed E-state index contributed by atoms with van der Waals surface area (Å²) in [7, 11) is 0. The van der Waals surface area contributed by atoms with Crippen LogP contribution in [0.25, 0.3) is 0 Å². The molecule has 21 heavy (non-hydrogen) atoms. The van der Waals surface area contributed by atoms with Crippen molar-refractivity contribution in [3.05, 3.63) is 18.1 Å². The Hall–Kier alpha value is -1.65. The Balaban J connectivity index is 2.63. The molecule has 5 nitrogen and oxygen atoms in total. The predicted molar refractivity (Wildman–Crippen MR) is 86.5 cm³/mol. The van der Waals surface area contributed by atoms with Gasteiger partial charge in [-0.3, -0.25) is 9.78 Å². The number of amides is 1. The zero-order chi connectivity index (χ0) is 15.5. The van der Waals surface area contributed by atoms with Crippen molar-refractivity contribution in [1.29, 1.82) is 0 Å². The summed E-state index contributed by atoms with van der Waals surface area (Å²) in [4.78, 5) is 20.7. The van der Waals surface area contributed by atoms with Gasteiger partial charge in [0, 0.05) is 12.6 Å². The highest BCUT2D eigenvalue weighted by Gasteiger charge is 2.14. The molecule has 2 N–H and O–H groups in total. The lowest BCUT2D eigenvalue weighted by atomic mass is 10.1. The highest BCUT2D eigenvalue weighted by Crippen LogP contribution is 2.09. The monoisotopic (exact) mass is 292 g/mol. The number of carbonyl (C=O) groups is 1. The third-order valence-electron chi connectivity index (χ3n) is 3.30. The van der Waals surface area contributed by atoms with Crippen molar-refractivity contribution in [2.24, 2.45) is 0 Å². The van der Waals surface area contributed by atoms with Gasteiger partial charge in [0.25, 0.3) is 5.91 Å². The van der Waals surface area contributed by atoms with E-state index in [9.17, 15) is 4.79 Å². The summed E-state index contributed by atoms with van der Waals surface area (Å²) in [5, 5.41) is 6.23. The van der Waals surface area contributed by atoms with Crippen LogP contribution in [-0.4, -0.2) is 28.5 Å². The van der Waals surface area contributed by atoms with Crippen molar-refractivity contribution >= 4 is 11.7 Å². The van der Waals surface area contributed by atoms with E-state index in [1.54, 1.807) is 6.20 Å². The Kier molecular flexibility index (Phi) is 8.40. The molecule has 0 radical (unpaired) electrons. The third-order valence-corrected chi connectivity index (χ3v) is 3.30. The Bertz CT molecular complexity index is 422. The second kappa shape index (κ2) is 10.1. The van der Waals surface area contributed by atoms with E-state index in [0.29, 0.717) is 11.5 Å². The average Bonchev–Trinajstić information content (AvgIpc) is 2.51. The van der Waals surface area contributed by atoms with E-state index in [1.807, 2.05) is 0 Å². The maximum absolute atomic E-state index is 12.3. The van der Waals surface area contributed by atoms with Gasteiger partial charge in [-0.2, -0.15) is 0 Å². The van der Waals surface area contributed by atoms with E-state index in [0.717, 1.165) is 45.1 Å². The molecule has 1 rings (SSSR count). The first kappa shape index (κ1) is 17.4. The summed E-state index contributed by atoms with van der Waals surface area (Å²) in [5.41, 5.74) is 0.383. The summed E-state index contributed by atoms with van der Waals surface area (Å²) in [5.74, 6) is 0.530. The Morgan fingerprint density at radius 3 is 2.62 bits per heavy atom. The molecule has 1 aromatic heterocycles. The molecule has 0 saturated heterocycles. The molecule has 118 valence electrons. The minimum atomic E-state index is -0.128. The van der Waals surface area contributed by atoms with Crippen LogP contribution in [0.3, 0.4) is 0 Å². The number of unbranched alkanes of at least 4 members (excludes halogenated alkanes) is 1. The summed E-state index contributed by atoms with van der Waals surface area (Å²) in [6.45, 7) is 7.22. The molecule has 1 unspecified atom stereocenters. The third kappa shape index (κ3) is 6.56. The number of carbonyl (C=O) groups excluding carboxylic acids is 1. The smallest absolute Gasteiger partial charge is 0.271 e. The lowest BCUT2D eigenvalue weighted by Crippen LogP contribution is -2.35. The number of anilines is 1. The fourth-order valence-electron chi connectivity index (χ4n) is 2.16. The normalized spacial score (nSPS) is 12.0. The molecule has 5 heteroatoms. The van der Waals surface area contributed by atoms with Gasteiger partial charge in [-0.05, 0) is 19.3 Å². The highest BCUT2D eigenvalue weighted by atomic mass is 16.1. The lowest BCUT2D eigenvalue weighted by molar-refractivity contribution is 0.0927. The molecule has 1 heterocycles. The molecule has 0 bridgehead atoms. The average molecular weight is 292 g/mol. The van der Waals surface area contributed by atoms with Gasteiger partial charge in [-0.1, -0.05) is 40.0 Å². The lowest BCUT2D eigenvalue weighted by Gasteiger charge is -2.17. The topological polar surface area (TPSA) is 66.9 Å². The van der Waals surface area contributed by atoms with E-state index >= 15 is 0 Å². The maximum Gasteiger partial charge on any atom is 0.271 e. The van der Waals surface area contributed by atoms with Gasteiger partial charge >= 0.3 is 0 Å². The van der Waals surface area contributed by atoms with Crippen LogP contribution in [0.2, 0.25) is 0 Å². The highest BCUT2D eigenvalue weighted by molar-refractivity contribution is 5.92. The Labute approximate surface area is 128 Å². The molecule has 0 aliphatic heterocycles. The van der Waals surface area contributed by atoms with Crippen LogP contribution in [0.15, 0.2) is 12.4 Å². The van der Waals surface area contributed by atoms with Crippen molar-refractivity contribution in [2.75, 3.05) is 11.9 Å². The SMILES string of the molecule is CCCCC(CCC)NC(=O)c1cncc(NCCC)n1. The molecular formula is C16H28N4O. The van der Waals surface area contributed by atoms with Gasteiger partial charge in [-0.25, -0.2) is 4.98 Å². The number of nitrogens with zero attached hydrogens (tertiary/aromatic N) is 2. The van der Waals surface area contributed by atoms with Crippen molar-refractivity contribution in [3.63, 3.8) is 0 Å². The van der Waals surface area contributed by atoms with Gasteiger partial charge in [0.05, 0.1) is 12.4 Å². The maximum atomic E-state index is 12.3. The molecular weight excluding hydrogens is 264 g/mol. The van der Waals surface area contributed by atoms with Gasteiger partial charge < -0.3 is 10.6 Å². The van der Waals surface area contributed by atoms with Crippen molar-refractivity contribution in [3.8, 4) is 0 Å². The van der Waals surface area contributed by atoms with E-state index in [2.05, 4.69) is 41.4 Å². The van der Waals surface area contributed by atoms with Crippen molar-refractivity contribution in [1.82, 2.24) is 15.3 Å². The molecule has 0 spiro atoms. The van der Waals surface area contributed by atoms with Gasteiger partial charge in [0.1, 0.15) is 11.5 Å². The molecule has 1 aromatic rings. The van der Waals surface area contributed by atoms with E-state index in [-0.39, 0.29) is 11.9 Å². The minimum Gasteiger partial charge on any atom is -0.369 e. The van der Waals surface area contributed by atoms with Crippen LogP contribution >= 0.6 is 0 Å². The quantitative estimate of drug-likeness (QED) is 0.693. The first-order chi connectivity index (χ1) is 10.2. The second-order valence-corrected chi connectivity index (χ2v) is 5.32. The van der Waals surface area contributed by atoms with Crippen LogP contribution in [0.5, 0.6) is 0 Å². The molecule has 0 saturated carbocycles. The first-order valence-electron chi connectivity index (χ1n) is 8.08. The van der Waals surface area contributed by atoms with Crippen LogP contribution in [0.1, 0.15) is 69.8 Å². The zero-order valence-electron chi connectivity index (χ0n) is 13.5. The summed E-state index contributed by atoms with van der Waals surface area (Å²) < 4.78 is 0. The summed E-state index contributed by atoms with van der Waals surface area (Å²) >= 11 is 0. The van der Waals surface area contributed by atoms with Gasteiger partial charge in [0.15, 0.2) is 0 Å². The fourth-order valence-corrected chi connectivity index (χ4v) is 2.16. The fraction of sp³-hybridized carbons (Fsp3) is 0.688. The minimum absolute atomic E-state index is 0.128. The molecule has 0 aliphatic carbocycles. The number of rotatable bonds is 10. The first-order valence-corrected chi connectivity index (χ1v) is 8.08. The van der Waals surface area contributed by atoms with E-state index in [4.69, 9.17) is 0 Å². The predicted octanol–water partition coefficient (Wildman–Crippen LogP) is 3.39. The molecule has 0 aromatic carbocycles. The number of hydrogen-bond acceptors (Lipinski definition) is 4. The second-order valence-electron chi connectivity index (χ2n) is 5.32. The van der Waals surface area contributed by atoms with Crippen LogP contribution in [-0.2, 0) is 0 Å². The molecule has 0 fully saturated rings. The van der Waals surface area contributed by atoms with Crippen LogP contribution < -0.4 is 10.6 Å².